The van der Waals surface area contributed by atoms with E-state index in [0.29, 0.717) is 19.3 Å². The van der Waals surface area contributed by atoms with E-state index in [9.17, 15) is 14.4 Å². The van der Waals surface area contributed by atoms with Crippen molar-refractivity contribution in [2.24, 2.45) is 0 Å². The lowest BCUT2D eigenvalue weighted by Gasteiger charge is -2.18. The van der Waals surface area contributed by atoms with Crippen LogP contribution in [0, 0.1) is 0 Å². The predicted molar refractivity (Wildman–Crippen MR) is 293 cm³/mol. The summed E-state index contributed by atoms with van der Waals surface area (Å²) in [6.45, 7) is 6.42. The van der Waals surface area contributed by atoms with Gasteiger partial charge >= 0.3 is 17.9 Å². The SMILES string of the molecule is CC/C=C\C/C=C\C/C=C\C/C=C\CCCCC(=O)OC(COC(=O)CCCCCCCC)COC(=O)CCCCCCCCCCCCCCCC/C=C\C/C=C\C/C=C\CCCCCCC. The standard InChI is InChI=1S/C62H106O6/c1-4-7-10-13-16-18-20-22-24-25-26-27-28-29-30-31-32-33-34-35-36-37-39-40-42-44-46-49-52-55-61(64)67-58-59(57-66-60(63)54-51-48-15-12-9-6-3)68-62(65)56-53-50-47-45-43-41-38-23-21-19-17-14-11-8-5-2/h8,11,17,19-20,22-23,25-26,28-29,38,43,45,59H,4-7,9-10,12-16,18,21,24,27,30-37,39-42,44,46-58H2,1-3H3/b11-8-,19-17-,22-20-,26-25-,29-28-,38-23-,45-43-. The second kappa shape index (κ2) is 56.2. The van der Waals surface area contributed by atoms with Gasteiger partial charge in [-0.3, -0.25) is 14.4 Å². The third kappa shape index (κ3) is 53.5. The molecular weight excluding hydrogens is 841 g/mol. The van der Waals surface area contributed by atoms with Gasteiger partial charge in [0.25, 0.3) is 0 Å². The van der Waals surface area contributed by atoms with E-state index in [4.69, 9.17) is 14.2 Å². The van der Waals surface area contributed by atoms with Gasteiger partial charge in [0.15, 0.2) is 6.10 Å². The molecule has 68 heavy (non-hydrogen) atoms. The first-order chi connectivity index (χ1) is 33.5. The van der Waals surface area contributed by atoms with Gasteiger partial charge < -0.3 is 14.2 Å². The van der Waals surface area contributed by atoms with Gasteiger partial charge in [-0.2, -0.15) is 0 Å². The van der Waals surface area contributed by atoms with Crippen molar-refractivity contribution >= 4 is 17.9 Å². The zero-order chi connectivity index (χ0) is 49.3. The molecule has 0 rings (SSSR count). The van der Waals surface area contributed by atoms with Crippen LogP contribution in [0.5, 0.6) is 0 Å². The van der Waals surface area contributed by atoms with Gasteiger partial charge in [0.1, 0.15) is 13.2 Å². The monoisotopic (exact) mass is 947 g/mol. The molecule has 0 aliphatic carbocycles. The average molecular weight is 948 g/mol. The highest BCUT2D eigenvalue weighted by Crippen LogP contribution is 2.15. The van der Waals surface area contributed by atoms with Gasteiger partial charge in [-0.05, 0) is 96.3 Å². The molecule has 1 unspecified atom stereocenters. The molecule has 6 nitrogen and oxygen atoms in total. The average Bonchev–Trinajstić information content (AvgIpc) is 3.34. The van der Waals surface area contributed by atoms with Gasteiger partial charge in [-0.25, -0.2) is 0 Å². The molecule has 0 saturated carbocycles. The largest absolute Gasteiger partial charge is 0.462 e. The molecule has 0 aromatic carbocycles. The van der Waals surface area contributed by atoms with Crippen LogP contribution < -0.4 is 0 Å². The number of rotatable bonds is 51. The molecule has 0 spiro atoms. The number of carbonyl (C=O) groups excluding carboxylic acids is 3. The Morgan fingerprint density at radius 2 is 0.574 bits per heavy atom. The summed E-state index contributed by atoms with van der Waals surface area (Å²) in [4.78, 5) is 37.8. The normalized spacial score (nSPS) is 12.7. The van der Waals surface area contributed by atoms with E-state index in [1.165, 1.54) is 135 Å². The molecule has 0 radical (unpaired) electrons. The highest BCUT2D eigenvalue weighted by molar-refractivity contribution is 5.71. The topological polar surface area (TPSA) is 78.9 Å². The Morgan fingerprint density at radius 3 is 0.926 bits per heavy atom. The number of carbonyl (C=O) groups is 3. The molecular formula is C62H106O6. The molecule has 0 aliphatic heterocycles. The lowest BCUT2D eigenvalue weighted by Crippen LogP contribution is -2.30. The molecule has 0 heterocycles. The van der Waals surface area contributed by atoms with Gasteiger partial charge in [0.05, 0.1) is 0 Å². The first-order valence-corrected chi connectivity index (χ1v) is 28.6. The maximum atomic E-state index is 12.7. The van der Waals surface area contributed by atoms with Crippen LogP contribution in [-0.4, -0.2) is 37.2 Å². The summed E-state index contributed by atoms with van der Waals surface area (Å²) in [5.74, 6) is -0.943. The zero-order valence-corrected chi connectivity index (χ0v) is 44.6. The van der Waals surface area contributed by atoms with Crippen molar-refractivity contribution in [2.75, 3.05) is 13.2 Å². The highest BCUT2D eigenvalue weighted by atomic mass is 16.6. The van der Waals surface area contributed by atoms with E-state index < -0.39 is 6.10 Å². The Labute approximate surface area is 420 Å². The van der Waals surface area contributed by atoms with Crippen LogP contribution in [0.15, 0.2) is 85.1 Å². The summed E-state index contributed by atoms with van der Waals surface area (Å²) in [5.41, 5.74) is 0. The van der Waals surface area contributed by atoms with Crippen LogP contribution in [0.1, 0.15) is 271 Å². The van der Waals surface area contributed by atoms with E-state index in [0.717, 1.165) is 89.9 Å². The summed E-state index contributed by atoms with van der Waals surface area (Å²) in [6.07, 6.45) is 73.4. The quantitative estimate of drug-likeness (QED) is 0.0262. The minimum absolute atomic E-state index is 0.0925. The fourth-order valence-electron chi connectivity index (χ4n) is 7.85. The first-order valence-electron chi connectivity index (χ1n) is 28.6. The molecule has 0 fully saturated rings. The predicted octanol–water partition coefficient (Wildman–Crippen LogP) is 19.2. The summed E-state index contributed by atoms with van der Waals surface area (Å²) in [6, 6.07) is 0. The van der Waals surface area contributed by atoms with E-state index in [1.54, 1.807) is 0 Å². The number of unbranched alkanes of at least 4 members (excludes halogenated alkanes) is 26. The van der Waals surface area contributed by atoms with Crippen LogP contribution in [0.2, 0.25) is 0 Å². The Hall–Kier alpha value is -3.41. The maximum Gasteiger partial charge on any atom is 0.306 e. The summed E-state index contributed by atoms with van der Waals surface area (Å²) in [5, 5.41) is 0. The number of hydrogen-bond donors (Lipinski definition) is 0. The lowest BCUT2D eigenvalue weighted by molar-refractivity contribution is -0.167. The summed E-state index contributed by atoms with van der Waals surface area (Å²) < 4.78 is 16.7. The molecule has 0 aromatic rings. The molecule has 0 aromatic heterocycles. The fourth-order valence-corrected chi connectivity index (χ4v) is 7.85. The molecule has 0 bridgehead atoms. The zero-order valence-electron chi connectivity index (χ0n) is 44.6. The second-order valence-electron chi connectivity index (χ2n) is 18.8. The van der Waals surface area contributed by atoms with Crippen molar-refractivity contribution in [2.45, 2.75) is 277 Å². The van der Waals surface area contributed by atoms with E-state index >= 15 is 0 Å². The van der Waals surface area contributed by atoms with Gasteiger partial charge in [-0.15, -0.1) is 0 Å². The maximum absolute atomic E-state index is 12.7. The van der Waals surface area contributed by atoms with Gasteiger partial charge in [0.2, 0.25) is 0 Å². The summed E-state index contributed by atoms with van der Waals surface area (Å²) in [7, 11) is 0. The van der Waals surface area contributed by atoms with Crippen LogP contribution >= 0.6 is 0 Å². The third-order valence-electron chi connectivity index (χ3n) is 12.1. The van der Waals surface area contributed by atoms with E-state index in [1.807, 2.05) is 0 Å². The molecule has 390 valence electrons. The number of ether oxygens (including phenoxy) is 3. The molecule has 0 amide bonds. The van der Waals surface area contributed by atoms with Crippen molar-refractivity contribution in [3.05, 3.63) is 85.1 Å². The minimum Gasteiger partial charge on any atom is -0.462 e. The Morgan fingerprint density at radius 1 is 0.309 bits per heavy atom. The minimum atomic E-state index is -0.794. The number of hydrogen-bond acceptors (Lipinski definition) is 6. The highest BCUT2D eigenvalue weighted by Gasteiger charge is 2.19. The van der Waals surface area contributed by atoms with Gasteiger partial charge in [-0.1, -0.05) is 241 Å². The Bertz CT molecular complexity index is 1320. The second-order valence-corrected chi connectivity index (χ2v) is 18.8. The van der Waals surface area contributed by atoms with Crippen molar-refractivity contribution < 1.29 is 28.6 Å². The number of esters is 3. The molecule has 1 atom stereocenters. The molecule has 6 heteroatoms. The Balaban J connectivity index is 4.09. The molecule has 0 aliphatic rings. The van der Waals surface area contributed by atoms with Crippen molar-refractivity contribution in [3.8, 4) is 0 Å². The van der Waals surface area contributed by atoms with E-state index in [2.05, 4.69) is 106 Å². The smallest absolute Gasteiger partial charge is 0.306 e. The van der Waals surface area contributed by atoms with Crippen LogP contribution in [0.4, 0.5) is 0 Å². The van der Waals surface area contributed by atoms with E-state index in [-0.39, 0.29) is 37.5 Å². The van der Waals surface area contributed by atoms with Crippen LogP contribution in [-0.2, 0) is 28.6 Å². The Kier molecular flexibility index (Phi) is 53.4. The van der Waals surface area contributed by atoms with Crippen LogP contribution in [0.25, 0.3) is 0 Å². The van der Waals surface area contributed by atoms with Crippen molar-refractivity contribution in [1.82, 2.24) is 0 Å². The van der Waals surface area contributed by atoms with Gasteiger partial charge in [0, 0.05) is 19.3 Å². The molecule has 0 saturated heterocycles. The molecule has 0 N–H and O–H groups in total. The fraction of sp³-hybridized carbons (Fsp3) is 0.726. The lowest BCUT2D eigenvalue weighted by atomic mass is 10.0. The summed E-state index contributed by atoms with van der Waals surface area (Å²) >= 11 is 0. The third-order valence-corrected chi connectivity index (χ3v) is 12.1. The first kappa shape index (κ1) is 64.6. The van der Waals surface area contributed by atoms with Crippen molar-refractivity contribution in [1.29, 1.82) is 0 Å². The van der Waals surface area contributed by atoms with Crippen molar-refractivity contribution in [3.63, 3.8) is 0 Å². The van der Waals surface area contributed by atoms with Crippen LogP contribution in [0.3, 0.4) is 0 Å². The number of allylic oxidation sites excluding steroid dienone is 14.